The normalized spacial score (nSPS) is 18.6. The van der Waals surface area contributed by atoms with E-state index in [0.717, 1.165) is 41.9 Å². The highest BCUT2D eigenvalue weighted by Gasteiger charge is 2.33. The van der Waals surface area contributed by atoms with Crippen LogP contribution in [-0.2, 0) is 16.2 Å². The molecule has 29 heavy (non-hydrogen) atoms. The summed E-state index contributed by atoms with van der Waals surface area (Å²) in [5.41, 5.74) is 2.65. The largest absolute Gasteiger partial charge is 0.497 e. The van der Waals surface area contributed by atoms with E-state index >= 15 is 0 Å². The van der Waals surface area contributed by atoms with E-state index in [2.05, 4.69) is 5.16 Å². The summed E-state index contributed by atoms with van der Waals surface area (Å²) in [6, 6.07) is 14.0. The molecule has 1 aliphatic heterocycles. The van der Waals surface area contributed by atoms with Crippen molar-refractivity contribution < 1.29 is 18.8 Å². The summed E-state index contributed by atoms with van der Waals surface area (Å²) in [6.45, 7) is 0.985. The van der Waals surface area contributed by atoms with Gasteiger partial charge in [0.05, 0.1) is 19.4 Å². The minimum absolute atomic E-state index is 0.111. The van der Waals surface area contributed by atoms with Crippen LogP contribution in [0.25, 0.3) is 0 Å². The van der Waals surface area contributed by atoms with Gasteiger partial charge in [-0.2, -0.15) is 0 Å². The Balaban J connectivity index is 1.44. The number of amides is 1. The average Bonchev–Trinajstić information content (AvgIpc) is 3.15. The zero-order valence-electron chi connectivity index (χ0n) is 16.5. The highest BCUT2D eigenvalue weighted by molar-refractivity contribution is 6.01. The second-order valence-electron chi connectivity index (χ2n) is 7.67. The summed E-state index contributed by atoms with van der Waals surface area (Å²) in [5, 5.41) is 4.18. The Labute approximate surface area is 170 Å². The highest BCUT2D eigenvalue weighted by atomic mass is 19.1. The molecule has 1 saturated carbocycles. The Morgan fingerprint density at radius 1 is 1.24 bits per heavy atom. The van der Waals surface area contributed by atoms with Crippen LogP contribution in [0, 0.1) is 11.7 Å². The van der Waals surface area contributed by atoms with Crippen molar-refractivity contribution in [3.63, 3.8) is 0 Å². The summed E-state index contributed by atoms with van der Waals surface area (Å²) in [4.78, 5) is 20.5. The second kappa shape index (κ2) is 8.64. The quantitative estimate of drug-likeness (QED) is 0.706. The molecule has 1 heterocycles. The SMILES string of the molecule is COc1cccc(CN(CC2CC(c3ccc(F)cc3)=NO2)C(=O)C2CCC2)c1. The summed E-state index contributed by atoms with van der Waals surface area (Å²) in [6.07, 6.45) is 3.41. The van der Waals surface area contributed by atoms with Crippen LogP contribution in [-0.4, -0.2) is 36.3 Å². The van der Waals surface area contributed by atoms with Crippen molar-refractivity contribution in [1.82, 2.24) is 4.90 Å². The van der Waals surface area contributed by atoms with Crippen molar-refractivity contribution in [2.45, 2.75) is 38.3 Å². The molecule has 0 bridgehead atoms. The van der Waals surface area contributed by atoms with Gasteiger partial charge in [0.25, 0.3) is 0 Å². The van der Waals surface area contributed by atoms with Gasteiger partial charge in [-0.05, 0) is 48.2 Å². The van der Waals surface area contributed by atoms with Gasteiger partial charge in [-0.25, -0.2) is 4.39 Å². The molecule has 2 aromatic carbocycles. The Kier molecular flexibility index (Phi) is 5.79. The minimum atomic E-state index is -0.277. The Morgan fingerprint density at radius 2 is 2.03 bits per heavy atom. The molecular formula is C23H25FN2O3. The van der Waals surface area contributed by atoms with Gasteiger partial charge in [0.1, 0.15) is 11.6 Å². The van der Waals surface area contributed by atoms with Crippen molar-refractivity contribution in [3.05, 3.63) is 65.5 Å². The third kappa shape index (κ3) is 4.58. The van der Waals surface area contributed by atoms with Gasteiger partial charge in [-0.15, -0.1) is 0 Å². The number of methoxy groups -OCH3 is 1. The van der Waals surface area contributed by atoms with Crippen LogP contribution in [0.5, 0.6) is 5.75 Å². The van der Waals surface area contributed by atoms with Crippen molar-refractivity contribution in [1.29, 1.82) is 0 Å². The van der Waals surface area contributed by atoms with Gasteiger partial charge in [0.15, 0.2) is 6.10 Å². The number of carbonyl (C=O) groups is 1. The smallest absolute Gasteiger partial charge is 0.226 e. The Bertz CT molecular complexity index is 893. The third-order valence-corrected chi connectivity index (χ3v) is 5.61. The molecule has 152 valence electrons. The molecule has 0 N–H and O–H groups in total. The van der Waals surface area contributed by atoms with Gasteiger partial charge >= 0.3 is 0 Å². The molecule has 0 saturated heterocycles. The first-order chi connectivity index (χ1) is 14.1. The summed E-state index contributed by atoms with van der Waals surface area (Å²) >= 11 is 0. The average molecular weight is 396 g/mol. The van der Waals surface area contributed by atoms with E-state index in [1.165, 1.54) is 12.1 Å². The van der Waals surface area contributed by atoms with E-state index in [9.17, 15) is 9.18 Å². The number of hydrogen-bond donors (Lipinski definition) is 0. The highest BCUT2D eigenvalue weighted by Crippen LogP contribution is 2.30. The maximum atomic E-state index is 13.2. The first-order valence-corrected chi connectivity index (χ1v) is 10.0. The molecule has 1 fully saturated rings. The fraction of sp³-hybridized carbons (Fsp3) is 0.391. The molecule has 4 rings (SSSR count). The molecule has 6 heteroatoms. The second-order valence-corrected chi connectivity index (χ2v) is 7.67. The molecule has 1 atom stereocenters. The predicted octanol–water partition coefficient (Wildman–Crippen LogP) is 4.16. The predicted molar refractivity (Wildman–Crippen MR) is 108 cm³/mol. The van der Waals surface area contributed by atoms with E-state index < -0.39 is 0 Å². The van der Waals surface area contributed by atoms with E-state index in [1.54, 1.807) is 19.2 Å². The lowest BCUT2D eigenvalue weighted by Gasteiger charge is -2.32. The maximum Gasteiger partial charge on any atom is 0.226 e. The van der Waals surface area contributed by atoms with Crippen LogP contribution in [0.2, 0.25) is 0 Å². The van der Waals surface area contributed by atoms with Crippen molar-refractivity contribution >= 4 is 11.6 Å². The number of halogens is 1. The molecule has 2 aliphatic rings. The van der Waals surface area contributed by atoms with Crippen molar-refractivity contribution in [2.75, 3.05) is 13.7 Å². The molecule has 0 spiro atoms. The van der Waals surface area contributed by atoms with E-state index in [1.807, 2.05) is 29.2 Å². The van der Waals surface area contributed by atoms with Gasteiger partial charge in [0, 0.05) is 18.9 Å². The summed E-state index contributed by atoms with van der Waals surface area (Å²) in [5.74, 6) is 0.787. The molecular weight excluding hydrogens is 371 g/mol. The zero-order valence-corrected chi connectivity index (χ0v) is 16.5. The van der Waals surface area contributed by atoms with E-state index in [-0.39, 0.29) is 23.7 Å². The van der Waals surface area contributed by atoms with Crippen LogP contribution in [0.3, 0.4) is 0 Å². The van der Waals surface area contributed by atoms with E-state index in [0.29, 0.717) is 19.5 Å². The molecule has 0 radical (unpaired) electrons. The Morgan fingerprint density at radius 3 is 2.72 bits per heavy atom. The number of hydrogen-bond acceptors (Lipinski definition) is 4. The lowest BCUT2D eigenvalue weighted by atomic mass is 9.84. The standard InChI is InChI=1S/C23H25FN2O3/c1-28-20-7-2-4-16(12-20)14-26(23(27)18-5-3-6-18)15-21-13-22(25-29-21)17-8-10-19(24)11-9-17/h2,4,7-12,18,21H,3,5-6,13-15H2,1H3. The van der Waals surface area contributed by atoms with E-state index in [4.69, 9.17) is 9.57 Å². The lowest BCUT2D eigenvalue weighted by molar-refractivity contribution is -0.140. The molecule has 0 aromatic heterocycles. The number of rotatable bonds is 7. The number of oxime groups is 1. The summed E-state index contributed by atoms with van der Waals surface area (Å²) < 4.78 is 18.5. The van der Waals surface area contributed by atoms with Crippen LogP contribution >= 0.6 is 0 Å². The number of ether oxygens (including phenoxy) is 1. The van der Waals surface area contributed by atoms with Crippen LogP contribution < -0.4 is 4.74 Å². The van der Waals surface area contributed by atoms with Crippen LogP contribution in [0.1, 0.15) is 36.8 Å². The fourth-order valence-electron chi connectivity index (χ4n) is 3.72. The van der Waals surface area contributed by atoms with Gasteiger partial charge in [-0.3, -0.25) is 4.79 Å². The topological polar surface area (TPSA) is 51.1 Å². The number of benzene rings is 2. The Hall–Kier alpha value is -2.89. The first-order valence-electron chi connectivity index (χ1n) is 10.0. The number of carbonyl (C=O) groups excluding carboxylic acids is 1. The molecule has 1 amide bonds. The molecule has 5 nitrogen and oxygen atoms in total. The van der Waals surface area contributed by atoms with Crippen LogP contribution in [0.15, 0.2) is 53.7 Å². The summed E-state index contributed by atoms with van der Waals surface area (Å²) in [7, 11) is 1.64. The van der Waals surface area contributed by atoms with Gasteiger partial charge < -0.3 is 14.5 Å². The fourth-order valence-corrected chi connectivity index (χ4v) is 3.72. The number of nitrogens with zero attached hydrogens (tertiary/aromatic N) is 2. The molecule has 2 aromatic rings. The van der Waals surface area contributed by atoms with Crippen molar-refractivity contribution in [3.8, 4) is 5.75 Å². The van der Waals surface area contributed by atoms with Crippen LogP contribution in [0.4, 0.5) is 4.39 Å². The maximum absolute atomic E-state index is 13.2. The van der Waals surface area contributed by atoms with Gasteiger partial charge in [0.2, 0.25) is 5.91 Å². The lowest BCUT2D eigenvalue weighted by Crippen LogP contribution is -2.42. The monoisotopic (exact) mass is 396 g/mol. The van der Waals surface area contributed by atoms with Gasteiger partial charge in [-0.1, -0.05) is 35.8 Å². The third-order valence-electron chi connectivity index (χ3n) is 5.61. The zero-order chi connectivity index (χ0) is 20.2. The molecule has 1 aliphatic carbocycles. The molecule has 1 unspecified atom stereocenters. The minimum Gasteiger partial charge on any atom is -0.497 e. The first kappa shape index (κ1) is 19.4. The van der Waals surface area contributed by atoms with Crippen molar-refractivity contribution in [2.24, 2.45) is 11.1 Å².